The van der Waals surface area contributed by atoms with E-state index in [0.717, 1.165) is 37.2 Å². The molecule has 1 aliphatic rings. The molecule has 0 amide bonds. The van der Waals surface area contributed by atoms with Gasteiger partial charge < -0.3 is 10.2 Å². The number of aryl methyl sites for hydroxylation is 1. The van der Waals surface area contributed by atoms with Gasteiger partial charge in [-0.2, -0.15) is 0 Å². The average molecular weight is 249 g/mol. The summed E-state index contributed by atoms with van der Waals surface area (Å²) in [7, 11) is 1.92. The number of nitro benzene ring substituents is 1. The fourth-order valence-electron chi connectivity index (χ4n) is 2.71. The molecule has 1 aromatic rings. The Kier molecular flexibility index (Phi) is 3.81. The fourth-order valence-corrected chi connectivity index (χ4v) is 2.71. The molecule has 0 aliphatic carbocycles. The Morgan fingerprint density at radius 3 is 3.00 bits per heavy atom. The zero-order valence-corrected chi connectivity index (χ0v) is 10.8. The van der Waals surface area contributed by atoms with E-state index >= 15 is 0 Å². The lowest BCUT2D eigenvalue weighted by Crippen LogP contribution is -2.37. The molecule has 1 atom stereocenters. The first kappa shape index (κ1) is 12.8. The highest BCUT2D eigenvalue weighted by Crippen LogP contribution is 2.35. The summed E-state index contributed by atoms with van der Waals surface area (Å²) in [6.45, 7) is 3.56. The van der Waals surface area contributed by atoms with Crippen LogP contribution in [0.3, 0.4) is 0 Å². The maximum atomic E-state index is 11.2. The second-order valence-corrected chi connectivity index (χ2v) is 4.75. The lowest BCUT2D eigenvalue weighted by atomic mass is 10.1. The molecule has 0 bridgehead atoms. The second kappa shape index (κ2) is 5.35. The van der Waals surface area contributed by atoms with Crippen molar-refractivity contribution in [2.24, 2.45) is 0 Å². The molecule has 5 heteroatoms. The molecule has 1 heterocycles. The van der Waals surface area contributed by atoms with E-state index in [9.17, 15) is 10.1 Å². The van der Waals surface area contributed by atoms with Crippen LogP contribution < -0.4 is 10.2 Å². The van der Waals surface area contributed by atoms with Gasteiger partial charge in [0.05, 0.1) is 4.92 Å². The molecule has 98 valence electrons. The third-order valence-electron chi connectivity index (χ3n) is 3.53. The molecule has 1 aliphatic heterocycles. The molecule has 1 fully saturated rings. The Hall–Kier alpha value is -1.62. The van der Waals surface area contributed by atoms with Crippen molar-refractivity contribution in [3.8, 4) is 0 Å². The molecule has 1 unspecified atom stereocenters. The number of benzene rings is 1. The summed E-state index contributed by atoms with van der Waals surface area (Å²) in [5.74, 6) is 0. The van der Waals surface area contributed by atoms with Crippen LogP contribution in [0.15, 0.2) is 18.2 Å². The van der Waals surface area contributed by atoms with E-state index in [0.29, 0.717) is 6.04 Å². The zero-order chi connectivity index (χ0) is 13.1. The lowest BCUT2D eigenvalue weighted by Gasteiger charge is -2.26. The average Bonchev–Trinajstić information content (AvgIpc) is 2.76. The van der Waals surface area contributed by atoms with Crippen molar-refractivity contribution in [3.05, 3.63) is 33.9 Å². The number of nitro groups is 1. The van der Waals surface area contributed by atoms with E-state index in [4.69, 9.17) is 0 Å². The Labute approximate surface area is 107 Å². The molecule has 2 rings (SSSR count). The van der Waals surface area contributed by atoms with E-state index in [1.54, 1.807) is 13.0 Å². The maximum Gasteiger partial charge on any atom is 0.295 e. The molecular formula is C13H19N3O2. The van der Waals surface area contributed by atoms with Gasteiger partial charge in [0.15, 0.2) is 0 Å². The molecule has 1 aromatic carbocycles. The summed E-state index contributed by atoms with van der Waals surface area (Å²) in [6, 6.07) is 5.91. The van der Waals surface area contributed by atoms with Crippen LogP contribution in [0.4, 0.5) is 11.4 Å². The highest BCUT2D eigenvalue weighted by atomic mass is 16.6. The van der Waals surface area contributed by atoms with Crippen molar-refractivity contribution in [1.82, 2.24) is 5.32 Å². The third-order valence-corrected chi connectivity index (χ3v) is 3.53. The van der Waals surface area contributed by atoms with Crippen LogP contribution in [-0.4, -0.2) is 31.1 Å². The minimum absolute atomic E-state index is 0.250. The van der Waals surface area contributed by atoms with E-state index in [1.807, 2.05) is 19.2 Å². The summed E-state index contributed by atoms with van der Waals surface area (Å²) in [6.07, 6.45) is 2.18. The van der Waals surface area contributed by atoms with Gasteiger partial charge in [0.2, 0.25) is 0 Å². The number of anilines is 1. The minimum Gasteiger partial charge on any atom is -0.362 e. The smallest absolute Gasteiger partial charge is 0.295 e. The number of para-hydroxylation sites is 1. The summed E-state index contributed by atoms with van der Waals surface area (Å²) in [5.41, 5.74) is 1.74. The topological polar surface area (TPSA) is 58.4 Å². The standard InChI is InChI=1S/C13H19N3O2/c1-10-5-3-7-12(13(10)16(17)18)15-8-4-6-11(15)9-14-2/h3,5,7,11,14H,4,6,8-9H2,1-2H3. The Morgan fingerprint density at radius 2 is 2.33 bits per heavy atom. The maximum absolute atomic E-state index is 11.2. The van der Waals surface area contributed by atoms with Crippen LogP contribution >= 0.6 is 0 Å². The quantitative estimate of drug-likeness (QED) is 0.655. The first-order chi connectivity index (χ1) is 8.65. The molecule has 5 nitrogen and oxygen atoms in total. The summed E-state index contributed by atoms with van der Waals surface area (Å²) in [5, 5.41) is 14.4. The summed E-state index contributed by atoms with van der Waals surface area (Å²) in [4.78, 5) is 13.1. The van der Waals surface area contributed by atoms with Gasteiger partial charge in [-0.25, -0.2) is 0 Å². The summed E-state index contributed by atoms with van der Waals surface area (Å²) < 4.78 is 0. The zero-order valence-electron chi connectivity index (χ0n) is 10.8. The molecule has 1 N–H and O–H groups in total. The van der Waals surface area contributed by atoms with Gasteiger partial charge in [-0.15, -0.1) is 0 Å². The van der Waals surface area contributed by atoms with Crippen LogP contribution in [0.25, 0.3) is 0 Å². The van der Waals surface area contributed by atoms with Gasteiger partial charge in [-0.1, -0.05) is 12.1 Å². The number of nitrogens with zero attached hydrogens (tertiary/aromatic N) is 2. The molecule has 0 aromatic heterocycles. The van der Waals surface area contributed by atoms with Crippen LogP contribution in [0.5, 0.6) is 0 Å². The van der Waals surface area contributed by atoms with Crippen LogP contribution in [0.2, 0.25) is 0 Å². The van der Waals surface area contributed by atoms with Gasteiger partial charge in [0.1, 0.15) is 5.69 Å². The van der Waals surface area contributed by atoms with Crippen molar-refractivity contribution < 1.29 is 4.92 Å². The predicted molar refractivity (Wildman–Crippen MR) is 72.1 cm³/mol. The lowest BCUT2D eigenvalue weighted by molar-refractivity contribution is -0.384. The van der Waals surface area contributed by atoms with Crippen LogP contribution in [-0.2, 0) is 0 Å². The Morgan fingerprint density at radius 1 is 1.56 bits per heavy atom. The van der Waals surface area contributed by atoms with Crippen molar-refractivity contribution in [2.75, 3.05) is 25.0 Å². The van der Waals surface area contributed by atoms with Crippen molar-refractivity contribution in [3.63, 3.8) is 0 Å². The number of rotatable bonds is 4. The SMILES string of the molecule is CNCC1CCCN1c1cccc(C)c1[N+](=O)[O-]. The van der Waals surface area contributed by atoms with E-state index in [2.05, 4.69) is 10.2 Å². The third kappa shape index (κ3) is 2.31. The number of hydrogen-bond donors (Lipinski definition) is 1. The number of nitrogens with one attached hydrogen (secondary N) is 1. The van der Waals surface area contributed by atoms with Crippen molar-refractivity contribution >= 4 is 11.4 Å². The van der Waals surface area contributed by atoms with E-state index in [1.165, 1.54) is 0 Å². The molecule has 0 radical (unpaired) electrons. The Bertz CT molecular complexity index is 448. The van der Waals surface area contributed by atoms with Crippen molar-refractivity contribution in [1.29, 1.82) is 0 Å². The van der Waals surface area contributed by atoms with Gasteiger partial charge >= 0.3 is 0 Å². The van der Waals surface area contributed by atoms with Gasteiger partial charge in [0, 0.05) is 24.7 Å². The first-order valence-corrected chi connectivity index (χ1v) is 6.30. The molecule has 18 heavy (non-hydrogen) atoms. The Balaban J connectivity index is 2.38. The monoisotopic (exact) mass is 249 g/mol. The highest BCUT2D eigenvalue weighted by molar-refractivity contribution is 5.67. The largest absolute Gasteiger partial charge is 0.362 e. The van der Waals surface area contributed by atoms with Gasteiger partial charge in [0.25, 0.3) is 5.69 Å². The number of hydrogen-bond acceptors (Lipinski definition) is 4. The fraction of sp³-hybridized carbons (Fsp3) is 0.538. The normalized spacial score (nSPS) is 19.2. The van der Waals surface area contributed by atoms with E-state index in [-0.39, 0.29) is 10.6 Å². The summed E-state index contributed by atoms with van der Waals surface area (Å²) >= 11 is 0. The first-order valence-electron chi connectivity index (χ1n) is 6.30. The van der Waals surface area contributed by atoms with Crippen molar-refractivity contribution in [2.45, 2.75) is 25.8 Å². The molecular weight excluding hydrogens is 230 g/mol. The van der Waals surface area contributed by atoms with Crippen LogP contribution in [0, 0.1) is 17.0 Å². The number of likely N-dealkylation sites (N-methyl/N-ethyl adjacent to an activating group) is 1. The minimum atomic E-state index is -0.264. The van der Waals surface area contributed by atoms with Gasteiger partial charge in [-0.05, 0) is 32.9 Å². The molecule has 0 saturated carbocycles. The second-order valence-electron chi connectivity index (χ2n) is 4.75. The van der Waals surface area contributed by atoms with Crippen LogP contribution in [0.1, 0.15) is 18.4 Å². The van der Waals surface area contributed by atoms with Gasteiger partial charge in [-0.3, -0.25) is 10.1 Å². The highest BCUT2D eigenvalue weighted by Gasteiger charge is 2.29. The molecule has 0 spiro atoms. The molecule has 1 saturated heterocycles. The predicted octanol–water partition coefficient (Wildman–Crippen LogP) is 2.09. The van der Waals surface area contributed by atoms with E-state index < -0.39 is 0 Å².